The molecule has 2 unspecified atom stereocenters. The minimum Gasteiger partial charge on any atom is -0.408 e. The summed E-state index contributed by atoms with van der Waals surface area (Å²) in [7, 11) is 0. The Morgan fingerprint density at radius 2 is 1.82 bits per heavy atom. The Bertz CT molecular complexity index is 1070. The Hall–Kier alpha value is -3.16. The molecule has 8 heteroatoms. The number of para-hydroxylation sites is 2. The molecule has 0 N–H and O–H groups in total. The first-order valence-corrected chi connectivity index (χ1v) is 9.50. The molecule has 28 heavy (non-hydrogen) atoms. The highest BCUT2D eigenvalue weighted by molar-refractivity contribution is 5.80. The van der Waals surface area contributed by atoms with Crippen LogP contribution in [0.1, 0.15) is 5.69 Å². The number of hydrogen-bond donors (Lipinski definition) is 0. The highest BCUT2D eigenvalue weighted by Crippen LogP contribution is 2.33. The van der Waals surface area contributed by atoms with Crippen molar-refractivity contribution in [3.63, 3.8) is 0 Å². The van der Waals surface area contributed by atoms with E-state index in [1.165, 1.54) is 4.57 Å². The van der Waals surface area contributed by atoms with Crippen molar-refractivity contribution in [3.05, 3.63) is 52.6 Å². The van der Waals surface area contributed by atoms with E-state index in [1.807, 2.05) is 36.1 Å². The maximum absolute atomic E-state index is 12.8. The number of aryl methyl sites for hydroxylation is 1. The van der Waals surface area contributed by atoms with Crippen LogP contribution in [0.5, 0.6) is 0 Å². The van der Waals surface area contributed by atoms with Gasteiger partial charge in [0.1, 0.15) is 6.54 Å². The number of rotatable bonds is 3. The van der Waals surface area contributed by atoms with Crippen LogP contribution in [0, 0.1) is 18.8 Å². The van der Waals surface area contributed by atoms with Gasteiger partial charge < -0.3 is 14.2 Å². The fourth-order valence-electron chi connectivity index (χ4n) is 4.34. The van der Waals surface area contributed by atoms with Crippen LogP contribution in [-0.2, 0) is 11.3 Å². The number of anilines is 1. The topological polar surface area (TPSA) is 84.5 Å². The largest absolute Gasteiger partial charge is 0.420 e. The number of oxazole rings is 1. The smallest absolute Gasteiger partial charge is 0.408 e. The predicted molar refractivity (Wildman–Crippen MR) is 103 cm³/mol. The lowest BCUT2D eigenvalue weighted by Crippen LogP contribution is -2.36. The third-order valence-corrected chi connectivity index (χ3v) is 5.81. The summed E-state index contributed by atoms with van der Waals surface area (Å²) < 4.78 is 6.64. The van der Waals surface area contributed by atoms with Gasteiger partial charge in [-0.1, -0.05) is 12.1 Å². The van der Waals surface area contributed by atoms with Gasteiger partial charge in [-0.2, -0.15) is 5.10 Å². The zero-order valence-corrected chi connectivity index (χ0v) is 15.6. The zero-order valence-electron chi connectivity index (χ0n) is 15.6. The number of nitrogens with zero attached hydrogens (tertiary/aromatic N) is 5. The Labute approximate surface area is 161 Å². The molecule has 8 nitrogen and oxygen atoms in total. The number of carbonyl (C=O) groups excluding carboxylic acids is 1. The lowest BCUT2D eigenvalue weighted by molar-refractivity contribution is -0.131. The van der Waals surface area contributed by atoms with Crippen LogP contribution >= 0.6 is 0 Å². The molecule has 3 aromatic rings. The first kappa shape index (κ1) is 17.0. The van der Waals surface area contributed by atoms with E-state index in [2.05, 4.69) is 15.1 Å². The molecule has 2 fully saturated rings. The summed E-state index contributed by atoms with van der Waals surface area (Å²) in [6.07, 6.45) is 0. The number of hydrogen-bond acceptors (Lipinski definition) is 6. The van der Waals surface area contributed by atoms with E-state index < -0.39 is 5.76 Å². The number of benzene rings is 1. The van der Waals surface area contributed by atoms with E-state index in [1.54, 1.807) is 12.1 Å². The van der Waals surface area contributed by atoms with E-state index >= 15 is 0 Å². The Morgan fingerprint density at radius 3 is 2.54 bits per heavy atom. The number of amides is 1. The third-order valence-electron chi connectivity index (χ3n) is 5.81. The van der Waals surface area contributed by atoms with Gasteiger partial charge in [-0.15, -0.1) is 5.10 Å². The van der Waals surface area contributed by atoms with Gasteiger partial charge in [-0.3, -0.25) is 9.36 Å². The average molecular weight is 379 g/mol. The van der Waals surface area contributed by atoms with Crippen molar-refractivity contribution < 1.29 is 9.21 Å². The lowest BCUT2D eigenvalue weighted by Gasteiger charge is -2.22. The van der Waals surface area contributed by atoms with Crippen LogP contribution in [0.2, 0.25) is 0 Å². The maximum Gasteiger partial charge on any atom is 0.420 e. The third kappa shape index (κ3) is 2.85. The van der Waals surface area contributed by atoms with Crippen LogP contribution in [0.25, 0.3) is 11.1 Å². The SMILES string of the molecule is Cc1ccc(N2CC3CN(C(=O)Cn4c(=O)oc5ccccc54)CC3C2)nn1. The van der Waals surface area contributed by atoms with Gasteiger partial charge in [0.15, 0.2) is 11.4 Å². The van der Waals surface area contributed by atoms with Crippen molar-refractivity contribution >= 4 is 22.8 Å². The molecule has 0 saturated carbocycles. The molecule has 0 bridgehead atoms. The van der Waals surface area contributed by atoms with Gasteiger partial charge >= 0.3 is 5.76 Å². The van der Waals surface area contributed by atoms with Gasteiger partial charge in [0.25, 0.3) is 0 Å². The van der Waals surface area contributed by atoms with E-state index in [9.17, 15) is 9.59 Å². The second kappa shape index (κ2) is 6.47. The van der Waals surface area contributed by atoms with Crippen molar-refractivity contribution in [3.8, 4) is 0 Å². The monoisotopic (exact) mass is 379 g/mol. The molecule has 2 aliphatic rings. The summed E-state index contributed by atoms with van der Waals surface area (Å²) in [4.78, 5) is 29.1. The van der Waals surface area contributed by atoms with Crippen LogP contribution in [0.15, 0.2) is 45.6 Å². The Morgan fingerprint density at radius 1 is 1.07 bits per heavy atom. The number of aromatic nitrogens is 3. The zero-order chi connectivity index (χ0) is 19.3. The number of carbonyl (C=O) groups is 1. The van der Waals surface area contributed by atoms with Crippen LogP contribution in [-0.4, -0.2) is 51.8 Å². The van der Waals surface area contributed by atoms with Gasteiger partial charge in [-0.05, 0) is 31.2 Å². The summed E-state index contributed by atoms with van der Waals surface area (Å²) >= 11 is 0. The highest BCUT2D eigenvalue weighted by atomic mass is 16.4. The molecule has 2 aliphatic heterocycles. The number of fused-ring (bicyclic) bond motifs is 2. The van der Waals surface area contributed by atoms with Crippen molar-refractivity contribution in [2.24, 2.45) is 11.8 Å². The molecule has 1 amide bonds. The normalized spacial score (nSPS) is 21.5. The van der Waals surface area contributed by atoms with Crippen molar-refractivity contribution in [1.29, 1.82) is 0 Å². The fraction of sp³-hybridized carbons (Fsp3) is 0.400. The summed E-state index contributed by atoms with van der Waals surface area (Å²) in [5, 5.41) is 8.42. The molecule has 2 saturated heterocycles. The molecule has 4 heterocycles. The van der Waals surface area contributed by atoms with Gasteiger partial charge in [0.05, 0.1) is 11.2 Å². The summed E-state index contributed by atoms with van der Waals surface area (Å²) in [6, 6.07) is 11.2. The maximum atomic E-state index is 12.8. The van der Waals surface area contributed by atoms with Gasteiger partial charge in [0.2, 0.25) is 5.91 Å². The molecule has 0 spiro atoms. The standard InChI is InChI=1S/C20H21N5O3/c1-13-6-7-18(22-21-13)23-8-14-10-24(11-15(14)9-23)19(26)12-25-16-4-2-3-5-17(16)28-20(25)27/h2-7,14-15H,8-12H2,1H3. The average Bonchev–Trinajstić information content (AvgIpc) is 3.34. The van der Waals surface area contributed by atoms with Gasteiger partial charge in [0, 0.05) is 38.0 Å². The Balaban J connectivity index is 1.26. The van der Waals surface area contributed by atoms with Crippen LogP contribution in [0.3, 0.4) is 0 Å². The second-order valence-corrected chi connectivity index (χ2v) is 7.68. The van der Waals surface area contributed by atoms with Crippen molar-refractivity contribution in [1.82, 2.24) is 19.7 Å². The molecule has 5 rings (SSSR count). The first-order valence-electron chi connectivity index (χ1n) is 9.50. The summed E-state index contributed by atoms with van der Waals surface area (Å²) in [6.45, 7) is 5.12. The van der Waals surface area contributed by atoms with Crippen LogP contribution < -0.4 is 10.7 Å². The summed E-state index contributed by atoms with van der Waals surface area (Å²) in [5.41, 5.74) is 2.07. The molecule has 0 aliphatic carbocycles. The van der Waals surface area contributed by atoms with Gasteiger partial charge in [-0.25, -0.2) is 4.79 Å². The molecule has 0 radical (unpaired) electrons. The minimum absolute atomic E-state index is 0.0163. The van der Waals surface area contributed by atoms with Crippen LogP contribution in [0.4, 0.5) is 5.82 Å². The van der Waals surface area contributed by atoms with Crippen molar-refractivity contribution in [2.75, 3.05) is 31.1 Å². The number of likely N-dealkylation sites (tertiary alicyclic amines) is 1. The van der Waals surface area contributed by atoms with E-state index in [0.717, 1.165) is 24.6 Å². The molecule has 2 aromatic heterocycles. The first-order chi connectivity index (χ1) is 13.6. The van der Waals surface area contributed by atoms with Crippen molar-refractivity contribution in [2.45, 2.75) is 13.5 Å². The molecular weight excluding hydrogens is 358 g/mol. The molecule has 1 aromatic carbocycles. The van der Waals surface area contributed by atoms with E-state index in [-0.39, 0.29) is 12.5 Å². The van der Waals surface area contributed by atoms with E-state index in [4.69, 9.17) is 4.42 Å². The molecule has 144 valence electrons. The second-order valence-electron chi connectivity index (χ2n) is 7.68. The predicted octanol–water partition coefficient (Wildman–Crippen LogP) is 1.29. The Kier molecular flexibility index (Phi) is 3.92. The fourth-order valence-corrected chi connectivity index (χ4v) is 4.34. The lowest BCUT2D eigenvalue weighted by atomic mass is 10.0. The molecule has 2 atom stereocenters. The minimum atomic E-state index is -0.488. The quantitative estimate of drug-likeness (QED) is 0.682. The van der Waals surface area contributed by atoms with E-state index in [0.29, 0.717) is 36.0 Å². The molecular formula is C20H21N5O3. The highest BCUT2D eigenvalue weighted by Gasteiger charge is 2.42. The summed E-state index contributed by atoms with van der Waals surface area (Å²) in [5.74, 6) is 1.21.